The van der Waals surface area contributed by atoms with Gasteiger partial charge in [-0.15, -0.1) is 0 Å². The van der Waals surface area contributed by atoms with Crippen LogP contribution in [-0.4, -0.2) is 40.3 Å². The van der Waals surface area contributed by atoms with E-state index in [1.165, 1.54) is 23.8 Å². The number of nitrogens with zero attached hydrogens (tertiary/aromatic N) is 3. The Morgan fingerprint density at radius 2 is 2.17 bits per heavy atom. The smallest absolute Gasteiger partial charge is 0.260 e. The molecule has 0 spiro atoms. The number of rotatable bonds is 4. The molecular formula is C17H19ClFN3O2. The number of carbonyl (C=O) groups excluding carboxylic acids is 1. The van der Waals surface area contributed by atoms with E-state index in [1.54, 1.807) is 9.58 Å². The fourth-order valence-corrected chi connectivity index (χ4v) is 3.09. The summed E-state index contributed by atoms with van der Waals surface area (Å²) in [4.78, 5) is 14.1. The number of carbonyl (C=O) groups is 1. The number of likely N-dealkylation sites (tertiary alicyclic amines) is 1. The van der Waals surface area contributed by atoms with Gasteiger partial charge < -0.3 is 9.64 Å². The van der Waals surface area contributed by atoms with Crippen molar-refractivity contribution in [2.45, 2.75) is 18.8 Å². The van der Waals surface area contributed by atoms with Crippen LogP contribution in [0.2, 0.25) is 5.02 Å². The number of aryl methyl sites for hydroxylation is 1. The summed E-state index contributed by atoms with van der Waals surface area (Å²) in [5.74, 6) is 0.257. The molecule has 24 heavy (non-hydrogen) atoms. The van der Waals surface area contributed by atoms with Gasteiger partial charge in [0.05, 0.1) is 11.2 Å². The van der Waals surface area contributed by atoms with Crippen LogP contribution in [0.15, 0.2) is 30.6 Å². The van der Waals surface area contributed by atoms with Crippen LogP contribution in [0.4, 0.5) is 4.39 Å². The number of aromatic nitrogens is 2. The summed E-state index contributed by atoms with van der Waals surface area (Å²) in [6.45, 7) is 1.33. The lowest BCUT2D eigenvalue weighted by Crippen LogP contribution is -2.40. The molecule has 128 valence electrons. The lowest BCUT2D eigenvalue weighted by molar-refractivity contribution is -0.134. The molecule has 2 aromatic rings. The number of amides is 1. The first kappa shape index (κ1) is 16.8. The van der Waals surface area contributed by atoms with Gasteiger partial charge in [-0.2, -0.15) is 5.10 Å². The molecule has 0 radical (unpaired) electrons. The fraction of sp³-hybridized carbons (Fsp3) is 0.412. The Balaban J connectivity index is 1.49. The Hall–Kier alpha value is -2.08. The van der Waals surface area contributed by atoms with Gasteiger partial charge in [-0.25, -0.2) is 4.39 Å². The second kappa shape index (κ2) is 7.21. The third kappa shape index (κ3) is 3.87. The van der Waals surface area contributed by atoms with Gasteiger partial charge in [-0.1, -0.05) is 11.6 Å². The number of hydrogen-bond donors (Lipinski definition) is 0. The maximum atomic E-state index is 13.1. The lowest BCUT2D eigenvalue weighted by Gasteiger charge is -2.31. The summed E-state index contributed by atoms with van der Waals surface area (Å²) in [6.07, 6.45) is 5.76. The van der Waals surface area contributed by atoms with Crippen LogP contribution >= 0.6 is 11.6 Å². The highest BCUT2D eigenvalue weighted by Gasteiger charge is 2.24. The van der Waals surface area contributed by atoms with Crippen LogP contribution in [0.3, 0.4) is 0 Å². The van der Waals surface area contributed by atoms with Crippen molar-refractivity contribution in [3.63, 3.8) is 0 Å². The summed E-state index contributed by atoms with van der Waals surface area (Å²) < 4.78 is 20.3. The molecule has 1 aliphatic rings. The molecule has 0 bridgehead atoms. The first-order valence-electron chi connectivity index (χ1n) is 7.87. The normalized spacial score (nSPS) is 15.5. The molecule has 1 saturated heterocycles. The van der Waals surface area contributed by atoms with Gasteiger partial charge in [0.15, 0.2) is 6.61 Å². The monoisotopic (exact) mass is 351 g/mol. The Morgan fingerprint density at radius 1 is 1.42 bits per heavy atom. The molecule has 0 N–H and O–H groups in total. The Morgan fingerprint density at radius 3 is 2.79 bits per heavy atom. The molecule has 0 atom stereocenters. The van der Waals surface area contributed by atoms with E-state index in [-0.39, 0.29) is 17.5 Å². The van der Waals surface area contributed by atoms with E-state index in [0.717, 1.165) is 12.8 Å². The van der Waals surface area contributed by atoms with Crippen LogP contribution < -0.4 is 4.74 Å². The van der Waals surface area contributed by atoms with Gasteiger partial charge in [0, 0.05) is 32.4 Å². The zero-order valence-corrected chi connectivity index (χ0v) is 14.2. The Kier molecular flexibility index (Phi) is 5.04. The fourth-order valence-electron chi connectivity index (χ4n) is 2.92. The summed E-state index contributed by atoms with van der Waals surface area (Å²) >= 11 is 5.70. The summed E-state index contributed by atoms with van der Waals surface area (Å²) in [5, 5.41) is 4.18. The Labute approximate surface area is 145 Å². The van der Waals surface area contributed by atoms with Crippen molar-refractivity contribution in [2.24, 2.45) is 7.05 Å². The van der Waals surface area contributed by atoms with Crippen molar-refractivity contribution in [3.05, 3.63) is 47.0 Å². The average molecular weight is 352 g/mol. The largest absolute Gasteiger partial charge is 0.484 e. The minimum Gasteiger partial charge on any atom is -0.484 e. The van der Waals surface area contributed by atoms with Gasteiger partial charge in [-0.05, 0) is 36.5 Å². The average Bonchev–Trinajstić information content (AvgIpc) is 3.02. The van der Waals surface area contributed by atoms with Crippen molar-refractivity contribution >= 4 is 17.5 Å². The molecule has 7 heteroatoms. The van der Waals surface area contributed by atoms with Gasteiger partial charge in [0.25, 0.3) is 5.91 Å². The number of benzene rings is 1. The van der Waals surface area contributed by atoms with E-state index in [1.807, 2.05) is 19.4 Å². The predicted molar refractivity (Wildman–Crippen MR) is 88.7 cm³/mol. The molecule has 1 aliphatic heterocycles. The molecule has 1 aromatic carbocycles. The molecule has 1 fully saturated rings. The van der Waals surface area contributed by atoms with Crippen molar-refractivity contribution in [3.8, 4) is 5.75 Å². The molecular weight excluding hydrogens is 333 g/mol. The lowest BCUT2D eigenvalue weighted by atomic mass is 9.91. The highest BCUT2D eigenvalue weighted by Crippen LogP contribution is 2.27. The highest BCUT2D eigenvalue weighted by molar-refractivity contribution is 6.30. The second-order valence-electron chi connectivity index (χ2n) is 5.97. The zero-order chi connectivity index (χ0) is 17.1. The van der Waals surface area contributed by atoms with Crippen LogP contribution in [0.1, 0.15) is 24.3 Å². The number of hydrogen-bond acceptors (Lipinski definition) is 3. The summed E-state index contributed by atoms with van der Waals surface area (Å²) in [6, 6.07) is 4.06. The zero-order valence-electron chi connectivity index (χ0n) is 13.4. The number of ether oxygens (including phenoxy) is 1. The van der Waals surface area contributed by atoms with Gasteiger partial charge in [-0.3, -0.25) is 9.48 Å². The molecule has 3 rings (SSSR count). The summed E-state index contributed by atoms with van der Waals surface area (Å²) in [5.41, 5.74) is 1.22. The minimum atomic E-state index is -0.507. The number of piperidine rings is 1. The van der Waals surface area contributed by atoms with E-state index in [9.17, 15) is 9.18 Å². The SMILES string of the molecule is Cn1cc(C2CCN(C(=O)COc3ccc(F)c(Cl)c3)CC2)cn1. The molecule has 5 nitrogen and oxygen atoms in total. The van der Waals surface area contributed by atoms with Crippen LogP contribution in [0.25, 0.3) is 0 Å². The first-order chi connectivity index (χ1) is 11.5. The van der Waals surface area contributed by atoms with Crippen LogP contribution in [0.5, 0.6) is 5.75 Å². The van der Waals surface area contributed by atoms with Crippen molar-refractivity contribution in [1.82, 2.24) is 14.7 Å². The van der Waals surface area contributed by atoms with Crippen molar-refractivity contribution in [1.29, 1.82) is 0 Å². The molecule has 0 saturated carbocycles. The van der Waals surface area contributed by atoms with Crippen LogP contribution in [-0.2, 0) is 11.8 Å². The molecule has 0 aliphatic carbocycles. The van der Waals surface area contributed by atoms with Gasteiger partial charge >= 0.3 is 0 Å². The van der Waals surface area contributed by atoms with E-state index < -0.39 is 5.82 Å². The predicted octanol–water partition coefficient (Wildman–Crippen LogP) is 3.00. The standard InChI is InChI=1S/C17H19ClFN3O2/c1-21-10-13(9-20-21)12-4-6-22(7-5-12)17(23)11-24-14-2-3-16(19)15(18)8-14/h2-3,8-10,12H,4-7,11H2,1H3. The molecule has 0 unspecified atom stereocenters. The second-order valence-corrected chi connectivity index (χ2v) is 6.37. The Bertz CT molecular complexity index is 726. The van der Waals surface area contributed by atoms with E-state index in [0.29, 0.717) is 24.8 Å². The van der Waals surface area contributed by atoms with Crippen molar-refractivity contribution < 1.29 is 13.9 Å². The molecule has 1 aromatic heterocycles. The van der Waals surface area contributed by atoms with Crippen molar-refractivity contribution in [2.75, 3.05) is 19.7 Å². The topological polar surface area (TPSA) is 47.4 Å². The van der Waals surface area contributed by atoms with Gasteiger partial charge in [0.2, 0.25) is 0 Å². The first-order valence-corrected chi connectivity index (χ1v) is 8.25. The van der Waals surface area contributed by atoms with E-state index in [4.69, 9.17) is 16.3 Å². The maximum absolute atomic E-state index is 13.1. The highest BCUT2D eigenvalue weighted by atomic mass is 35.5. The minimum absolute atomic E-state index is 0.0165. The van der Waals surface area contributed by atoms with E-state index in [2.05, 4.69) is 5.10 Å². The third-order valence-electron chi connectivity index (χ3n) is 4.30. The summed E-state index contributed by atoms with van der Waals surface area (Å²) in [7, 11) is 1.90. The number of halogens is 2. The molecule has 2 heterocycles. The maximum Gasteiger partial charge on any atom is 0.260 e. The third-order valence-corrected chi connectivity index (χ3v) is 4.59. The van der Waals surface area contributed by atoms with Gasteiger partial charge in [0.1, 0.15) is 11.6 Å². The van der Waals surface area contributed by atoms with E-state index >= 15 is 0 Å². The molecule has 1 amide bonds. The van der Waals surface area contributed by atoms with Crippen LogP contribution in [0, 0.1) is 5.82 Å². The quantitative estimate of drug-likeness (QED) is 0.850.